The van der Waals surface area contributed by atoms with Crippen LogP contribution >= 0.6 is 22.9 Å². The zero-order chi connectivity index (χ0) is 15.4. The van der Waals surface area contributed by atoms with E-state index in [-0.39, 0.29) is 6.04 Å². The molecule has 0 radical (unpaired) electrons. The van der Waals surface area contributed by atoms with Gasteiger partial charge >= 0.3 is 0 Å². The van der Waals surface area contributed by atoms with E-state index in [1.807, 2.05) is 24.3 Å². The summed E-state index contributed by atoms with van der Waals surface area (Å²) in [6.07, 6.45) is -0.496. The van der Waals surface area contributed by atoms with E-state index in [9.17, 15) is 5.11 Å². The molecule has 0 amide bonds. The standard InChI is InChI=1S/C17H22ClNOS/c1-11(2)13-4-6-14(7-5-13)15(20)10-19-12(3)16-8-9-17(18)21-16/h4-9,11-12,15,19-20H,10H2,1-3H3. The van der Waals surface area contributed by atoms with Crippen molar-refractivity contribution in [3.05, 3.63) is 56.7 Å². The molecule has 1 aromatic heterocycles. The van der Waals surface area contributed by atoms with Crippen molar-refractivity contribution in [3.8, 4) is 0 Å². The Morgan fingerprint density at radius 2 is 1.67 bits per heavy atom. The number of aliphatic hydroxyl groups is 1. The van der Waals surface area contributed by atoms with Crippen LogP contribution in [-0.2, 0) is 0 Å². The largest absolute Gasteiger partial charge is 0.387 e. The molecule has 2 aromatic rings. The quantitative estimate of drug-likeness (QED) is 0.791. The van der Waals surface area contributed by atoms with Crippen LogP contribution in [0.2, 0.25) is 4.34 Å². The van der Waals surface area contributed by atoms with Gasteiger partial charge in [0.1, 0.15) is 0 Å². The molecular weight excluding hydrogens is 302 g/mol. The van der Waals surface area contributed by atoms with Gasteiger partial charge in [-0.1, -0.05) is 49.7 Å². The molecule has 114 valence electrons. The monoisotopic (exact) mass is 323 g/mol. The second-order valence-electron chi connectivity index (χ2n) is 5.61. The molecule has 2 atom stereocenters. The zero-order valence-corrected chi connectivity index (χ0v) is 14.2. The van der Waals surface area contributed by atoms with Gasteiger partial charge in [-0.2, -0.15) is 0 Å². The molecule has 0 fully saturated rings. The van der Waals surface area contributed by atoms with Gasteiger partial charge in [-0.05, 0) is 36.1 Å². The molecule has 0 spiro atoms. The van der Waals surface area contributed by atoms with Crippen molar-refractivity contribution in [2.75, 3.05) is 6.54 Å². The number of aliphatic hydroxyl groups excluding tert-OH is 1. The molecule has 0 aliphatic heterocycles. The molecule has 2 unspecified atom stereocenters. The minimum absolute atomic E-state index is 0.187. The maximum atomic E-state index is 10.3. The Kier molecular flexibility index (Phi) is 5.82. The Morgan fingerprint density at radius 3 is 2.19 bits per heavy atom. The average molecular weight is 324 g/mol. The molecule has 0 bridgehead atoms. The number of thiophene rings is 1. The van der Waals surface area contributed by atoms with E-state index >= 15 is 0 Å². The minimum Gasteiger partial charge on any atom is -0.387 e. The van der Waals surface area contributed by atoms with Crippen molar-refractivity contribution < 1.29 is 5.11 Å². The molecule has 2 nitrogen and oxygen atoms in total. The van der Waals surface area contributed by atoms with Crippen LogP contribution in [0.4, 0.5) is 0 Å². The van der Waals surface area contributed by atoms with E-state index in [2.05, 4.69) is 38.2 Å². The van der Waals surface area contributed by atoms with Crippen LogP contribution in [-0.4, -0.2) is 11.7 Å². The van der Waals surface area contributed by atoms with Gasteiger partial charge in [0, 0.05) is 17.5 Å². The molecule has 21 heavy (non-hydrogen) atoms. The third-order valence-electron chi connectivity index (χ3n) is 3.63. The second-order valence-corrected chi connectivity index (χ2v) is 7.36. The maximum absolute atomic E-state index is 10.3. The van der Waals surface area contributed by atoms with Gasteiger partial charge in [0.2, 0.25) is 0 Å². The first-order valence-corrected chi connectivity index (χ1v) is 8.43. The van der Waals surface area contributed by atoms with Gasteiger partial charge in [-0.3, -0.25) is 0 Å². The molecule has 0 saturated carbocycles. The van der Waals surface area contributed by atoms with Gasteiger partial charge in [0.25, 0.3) is 0 Å². The summed E-state index contributed by atoms with van der Waals surface area (Å²) in [6.45, 7) is 6.94. The number of hydrogen-bond acceptors (Lipinski definition) is 3. The SMILES string of the molecule is CC(C)c1ccc(C(O)CNC(C)c2ccc(Cl)s2)cc1. The van der Waals surface area contributed by atoms with Crippen molar-refractivity contribution in [1.82, 2.24) is 5.32 Å². The third kappa shape index (κ3) is 4.55. The van der Waals surface area contributed by atoms with Crippen molar-refractivity contribution in [2.24, 2.45) is 0 Å². The van der Waals surface area contributed by atoms with Crippen molar-refractivity contribution in [1.29, 1.82) is 0 Å². The van der Waals surface area contributed by atoms with E-state index < -0.39 is 6.10 Å². The first kappa shape index (κ1) is 16.5. The Balaban J connectivity index is 1.90. The normalized spacial score (nSPS) is 14.4. The highest BCUT2D eigenvalue weighted by atomic mass is 35.5. The van der Waals surface area contributed by atoms with E-state index in [0.29, 0.717) is 12.5 Å². The Morgan fingerprint density at radius 1 is 1.05 bits per heavy atom. The summed E-state index contributed by atoms with van der Waals surface area (Å²) in [5.41, 5.74) is 2.24. The number of nitrogens with one attached hydrogen (secondary N) is 1. The molecule has 1 aromatic carbocycles. The van der Waals surface area contributed by atoms with Gasteiger partial charge in [0.05, 0.1) is 10.4 Å². The molecule has 0 aliphatic rings. The first-order chi connectivity index (χ1) is 9.97. The highest BCUT2D eigenvalue weighted by Crippen LogP contribution is 2.27. The van der Waals surface area contributed by atoms with Crippen molar-refractivity contribution >= 4 is 22.9 Å². The highest BCUT2D eigenvalue weighted by Gasteiger charge is 2.12. The maximum Gasteiger partial charge on any atom is 0.0931 e. The topological polar surface area (TPSA) is 32.3 Å². The molecule has 1 heterocycles. The summed E-state index contributed by atoms with van der Waals surface area (Å²) >= 11 is 7.51. The highest BCUT2D eigenvalue weighted by molar-refractivity contribution is 7.16. The minimum atomic E-state index is -0.496. The molecule has 0 saturated heterocycles. The lowest BCUT2D eigenvalue weighted by Crippen LogP contribution is -2.24. The van der Waals surface area contributed by atoms with E-state index in [0.717, 1.165) is 9.90 Å². The molecular formula is C17H22ClNOS. The van der Waals surface area contributed by atoms with Gasteiger partial charge < -0.3 is 10.4 Å². The van der Waals surface area contributed by atoms with Gasteiger partial charge in [-0.15, -0.1) is 11.3 Å². The molecule has 2 rings (SSSR count). The molecule has 2 N–H and O–H groups in total. The number of halogens is 1. The molecule has 4 heteroatoms. The number of hydrogen-bond donors (Lipinski definition) is 2. The predicted octanol–water partition coefficient (Wildman–Crippen LogP) is 4.91. The smallest absolute Gasteiger partial charge is 0.0931 e. The van der Waals surface area contributed by atoms with Gasteiger partial charge in [-0.25, -0.2) is 0 Å². The summed E-state index contributed by atoms with van der Waals surface area (Å²) in [4.78, 5) is 1.18. The summed E-state index contributed by atoms with van der Waals surface area (Å²) < 4.78 is 0.795. The van der Waals surface area contributed by atoms with Crippen LogP contribution in [0, 0.1) is 0 Å². The van der Waals surface area contributed by atoms with Crippen LogP contribution in [0.15, 0.2) is 36.4 Å². The fraction of sp³-hybridized carbons (Fsp3) is 0.412. The zero-order valence-electron chi connectivity index (χ0n) is 12.6. The number of benzene rings is 1. The Bertz CT molecular complexity index is 564. The van der Waals surface area contributed by atoms with Crippen LogP contribution in [0.3, 0.4) is 0 Å². The van der Waals surface area contributed by atoms with E-state index in [1.165, 1.54) is 10.4 Å². The summed E-state index contributed by atoms with van der Waals surface area (Å²) in [5, 5.41) is 13.6. The number of rotatable bonds is 6. The van der Waals surface area contributed by atoms with Crippen LogP contribution in [0.1, 0.15) is 54.8 Å². The lowest BCUT2D eigenvalue weighted by Gasteiger charge is -2.17. The average Bonchev–Trinajstić information content (AvgIpc) is 2.91. The van der Waals surface area contributed by atoms with Crippen molar-refractivity contribution in [3.63, 3.8) is 0 Å². The summed E-state index contributed by atoms with van der Waals surface area (Å²) in [5.74, 6) is 0.512. The lowest BCUT2D eigenvalue weighted by molar-refractivity contribution is 0.171. The first-order valence-electron chi connectivity index (χ1n) is 7.24. The Labute approximate surface area is 135 Å². The van der Waals surface area contributed by atoms with Crippen LogP contribution < -0.4 is 5.32 Å². The summed E-state index contributed by atoms with van der Waals surface area (Å²) in [7, 11) is 0. The second kappa shape index (κ2) is 7.41. The van der Waals surface area contributed by atoms with E-state index in [1.54, 1.807) is 11.3 Å². The fourth-order valence-electron chi connectivity index (χ4n) is 2.17. The third-order valence-corrected chi connectivity index (χ3v) is 5.04. The molecule has 0 aliphatic carbocycles. The van der Waals surface area contributed by atoms with Gasteiger partial charge in [0.15, 0.2) is 0 Å². The lowest BCUT2D eigenvalue weighted by atomic mass is 10.00. The predicted molar refractivity (Wildman–Crippen MR) is 91.2 cm³/mol. The summed E-state index contributed by atoms with van der Waals surface area (Å²) in [6, 6.07) is 12.3. The van der Waals surface area contributed by atoms with Crippen molar-refractivity contribution in [2.45, 2.75) is 38.8 Å². The van der Waals surface area contributed by atoms with Crippen LogP contribution in [0.5, 0.6) is 0 Å². The van der Waals surface area contributed by atoms with E-state index in [4.69, 9.17) is 11.6 Å². The van der Waals surface area contributed by atoms with Crippen LogP contribution in [0.25, 0.3) is 0 Å². The Hall–Kier alpha value is -0.870. The fourth-order valence-corrected chi connectivity index (χ4v) is 3.26.